The van der Waals surface area contributed by atoms with Gasteiger partial charge in [0.2, 0.25) is 5.91 Å². The zero-order valence-corrected chi connectivity index (χ0v) is 15.9. The molecule has 26 heavy (non-hydrogen) atoms. The van der Waals surface area contributed by atoms with E-state index in [1.54, 1.807) is 6.92 Å². The summed E-state index contributed by atoms with van der Waals surface area (Å²) in [4.78, 5) is 12.3. The van der Waals surface area contributed by atoms with Crippen molar-refractivity contribution in [2.75, 3.05) is 6.61 Å². The Kier molecular flexibility index (Phi) is 8.16. The number of hydrogen-bond donors (Lipinski definition) is 1. The first kappa shape index (κ1) is 20.0. The normalized spacial score (nSPS) is 12.0. The van der Waals surface area contributed by atoms with Crippen molar-refractivity contribution in [1.29, 1.82) is 0 Å². The van der Waals surface area contributed by atoms with Gasteiger partial charge >= 0.3 is 0 Å². The molecule has 0 aromatic heterocycles. The van der Waals surface area contributed by atoms with Gasteiger partial charge in [0.25, 0.3) is 0 Å². The van der Waals surface area contributed by atoms with Gasteiger partial charge in [0.05, 0.1) is 13.2 Å². The maximum absolute atomic E-state index is 12.3. The molecule has 0 spiro atoms. The molecule has 0 saturated heterocycles. The molecule has 0 aliphatic carbocycles. The highest BCUT2D eigenvalue weighted by Crippen LogP contribution is 2.18. The molecule has 140 valence electrons. The molecular formula is C22H29NO3. The molecule has 2 rings (SSSR count). The standard InChI is InChI=1S/C22H29NO3/c1-17(2)13-14-25-21-12-8-7-11-20(21)15-23-22(24)18(3)26-16-19-9-5-4-6-10-19/h4-12,17-18H,13-16H2,1-3H3,(H,23,24). The molecule has 0 heterocycles. The zero-order valence-electron chi connectivity index (χ0n) is 15.9. The summed E-state index contributed by atoms with van der Waals surface area (Å²) < 4.78 is 11.5. The second-order valence-electron chi connectivity index (χ2n) is 6.80. The van der Waals surface area contributed by atoms with Crippen LogP contribution in [-0.2, 0) is 22.7 Å². The molecule has 2 aromatic rings. The van der Waals surface area contributed by atoms with Crippen molar-refractivity contribution in [1.82, 2.24) is 5.32 Å². The fourth-order valence-electron chi connectivity index (χ4n) is 2.39. The fraction of sp³-hybridized carbons (Fsp3) is 0.409. The van der Waals surface area contributed by atoms with Crippen molar-refractivity contribution < 1.29 is 14.3 Å². The van der Waals surface area contributed by atoms with Crippen LogP contribution in [0.25, 0.3) is 0 Å². The Bertz CT molecular complexity index is 670. The lowest BCUT2D eigenvalue weighted by Crippen LogP contribution is -2.34. The summed E-state index contributed by atoms with van der Waals surface area (Å²) in [5.41, 5.74) is 2.02. The summed E-state index contributed by atoms with van der Waals surface area (Å²) in [6.07, 6.45) is 0.495. The van der Waals surface area contributed by atoms with E-state index in [-0.39, 0.29) is 5.91 Å². The molecule has 1 N–H and O–H groups in total. The van der Waals surface area contributed by atoms with Gasteiger partial charge in [-0.05, 0) is 30.9 Å². The van der Waals surface area contributed by atoms with Crippen LogP contribution >= 0.6 is 0 Å². The van der Waals surface area contributed by atoms with E-state index in [0.29, 0.717) is 25.7 Å². The summed E-state index contributed by atoms with van der Waals surface area (Å²) in [7, 11) is 0. The van der Waals surface area contributed by atoms with E-state index in [1.165, 1.54) is 0 Å². The maximum Gasteiger partial charge on any atom is 0.249 e. The molecule has 1 unspecified atom stereocenters. The van der Waals surface area contributed by atoms with Crippen LogP contribution in [0.4, 0.5) is 0 Å². The minimum Gasteiger partial charge on any atom is -0.493 e. The molecule has 0 aliphatic heterocycles. The number of carbonyl (C=O) groups excluding carboxylic acids is 1. The van der Waals surface area contributed by atoms with Crippen LogP contribution in [0.1, 0.15) is 38.3 Å². The first-order chi connectivity index (χ1) is 12.6. The molecule has 0 aliphatic rings. The number of carbonyl (C=O) groups is 1. The lowest BCUT2D eigenvalue weighted by Gasteiger charge is -2.16. The Morgan fingerprint density at radius 1 is 1.00 bits per heavy atom. The number of rotatable bonds is 10. The molecule has 0 fully saturated rings. The lowest BCUT2D eigenvalue weighted by atomic mass is 10.1. The van der Waals surface area contributed by atoms with E-state index in [1.807, 2.05) is 54.6 Å². The Hall–Kier alpha value is -2.33. The van der Waals surface area contributed by atoms with Crippen LogP contribution in [0.3, 0.4) is 0 Å². The highest BCUT2D eigenvalue weighted by molar-refractivity contribution is 5.80. The van der Waals surface area contributed by atoms with Crippen molar-refractivity contribution in [2.45, 2.75) is 46.4 Å². The minimum absolute atomic E-state index is 0.127. The Balaban J connectivity index is 1.80. The van der Waals surface area contributed by atoms with Gasteiger partial charge in [0.1, 0.15) is 11.9 Å². The summed E-state index contributed by atoms with van der Waals surface area (Å²) in [5.74, 6) is 1.30. The quantitative estimate of drug-likeness (QED) is 0.690. The van der Waals surface area contributed by atoms with E-state index in [2.05, 4.69) is 19.2 Å². The highest BCUT2D eigenvalue weighted by Gasteiger charge is 2.14. The second-order valence-corrected chi connectivity index (χ2v) is 6.80. The van der Waals surface area contributed by atoms with E-state index < -0.39 is 6.10 Å². The number of amides is 1. The third-order valence-corrected chi connectivity index (χ3v) is 4.09. The number of benzene rings is 2. The molecule has 4 heteroatoms. The van der Waals surface area contributed by atoms with Crippen LogP contribution in [0, 0.1) is 5.92 Å². The molecule has 2 aromatic carbocycles. The van der Waals surface area contributed by atoms with E-state index in [9.17, 15) is 4.79 Å². The molecule has 1 atom stereocenters. The number of hydrogen-bond acceptors (Lipinski definition) is 3. The van der Waals surface area contributed by atoms with Crippen LogP contribution in [0.5, 0.6) is 5.75 Å². The summed E-state index contributed by atoms with van der Waals surface area (Å²) in [6.45, 7) is 7.64. The van der Waals surface area contributed by atoms with Gasteiger partial charge in [-0.15, -0.1) is 0 Å². The number of nitrogens with one attached hydrogen (secondary N) is 1. The van der Waals surface area contributed by atoms with Gasteiger partial charge < -0.3 is 14.8 Å². The van der Waals surface area contributed by atoms with Crippen molar-refractivity contribution in [3.05, 3.63) is 65.7 Å². The fourth-order valence-corrected chi connectivity index (χ4v) is 2.39. The summed E-state index contributed by atoms with van der Waals surface area (Å²) in [6, 6.07) is 17.6. The first-order valence-corrected chi connectivity index (χ1v) is 9.20. The third-order valence-electron chi connectivity index (χ3n) is 4.09. The Morgan fingerprint density at radius 2 is 1.69 bits per heavy atom. The predicted octanol–water partition coefficient (Wildman–Crippen LogP) is 4.33. The van der Waals surface area contributed by atoms with Crippen LogP contribution in [0.2, 0.25) is 0 Å². The molecule has 4 nitrogen and oxygen atoms in total. The topological polar surface area (TPSA) is 47.6 Å². The molecule has 0 saturated carbocycles. The van der Waals surface area contributed by atoms with Gasteiger partial charge in [-0.2, -0.15) is 0 Å². The minimum atomic E-state index is -0.510. The van der Waals surface area contributed by atoms with Crippen molar-refractivity contribution >= 4 is 5.91 Å². The van der Waals surface area contributed by atoms with Crippen molar-refractivity contribution in [3.63, 3.8) is 0 Å². The van der Waals surface area contributed by atoms with Crippen LogP contribution < -0.4 is 10.1 Å². The number of ether oxygens (including phenoxy) is 2. The SMILES string of the molecule is CC(C)CCOc1ccccc1CNC(=O)C(C)OCc1ccccc1. The third kappa shape index (κ3) is 6.89. The number of para-hydroxylation sites is 1. The lowest BCUT2D eigenvalue weighted by molar-refractivity contribution is -0.132. The van der Waals surface area contributed by atoms with Gasteiger partial charge in [0.15, 0.2) is 0 Å². The second kappa shape index (κ2) is 10.6. The molecule has 0 bridgehead atoms. The largest absolute Gasteiger partial charge is 0.493 e. The van der Waals surface area contributed by atoms with E-state index in [0.717, 1.165) is 23.3 Å². The average molecular weight is 355 g/mol. The summed E-state index contributed by atoms with van der Waals surface area (Å²) >= 11 is 0. The highest BCUT2D eigenvalue weighted by atomic mass is 16.5. The van der Waals surface area contributed by atoms with Gasteiger partial charge in [-0.3, -0.25) is 4.79 Å². The monoisotopic (exact) mass is 355 g/mol. The van der Waals surface area contributed by atoms with Crippen LogP contribution in [-0.4, -0.2) is 18.6 Å². The zero-order chi connectivity index (χ0) is 18.8. The van der Waals surface area contributed by atoms with Gasteiger partial charge in [-0.25, -0.2) is 0 Å². The predicted molar refractivity (Wildman–Crippen MR) is 104 cm³/mol. The molecular weight excluding hydrogens is 326 g/mol. The molecule has 0 radical (unpaired) electrons. The molecule has 1 amide bonds. The van der Waals surface area contributed by atoms with Crippen LogP contribution in [0.15, 0.2) is 54.6 Å². The van der Waals surface area contributed by atoms with E-state index >= 15 is 0 Å². The van der Waals surface area contributed by atoms with Gasteiger partial charge in [-0.1, -0.05) is 62.4 Å². The van der Waals surface area contributed by atoms with Crippen molar-refractivity contribution in [3.8, 4) is 5.75 Å². The average Bonchev–Trinajstić information content (AvgIpc) is 2.65. The Labute approximate surface area is 156 Å². The van der Waals surface area contributed by atoms with Gasteiger partial charge in [0, 0.05) is 12.1 Å². The Morgan fingerprint density at radius 3 is 2.42 bits per heavy atom. The maximum atomic E-state index is 12.3. The van der Waals surface area contributed by atoms with E-state index in [4.69, 9.17) is 9.47 Å². The van der Waals surface area contributed by atoms with Crippen molar-refractivity contribution in [2.24, 2.45) is 5.92 Å². The smallest absolute Gasteiger partial charge is 0.249 e. The summed E-state index contributed by atoms with van der Waals surface area (Å²) in [5, 5.41) is 2.93. The first-order valence-electron chi connectivity index (χ1n) is 9.20.